The van der Waals surface area contributed by atoms with Crippen LogP contribution in [0.25, 0.3) is 0 Å². The standard InChI is InChI=1S/C27H34BrNO9/c1-18(26(32)29-21(17-36-27(29)33)15-20-7-4-3-5-8-20)25(37-19(2)31)24-16-22(28)23(38-24)9-6-11-34-13-14-35-12-10-30/h3-5,7-8,16,18,21,25,30H,6,9-15,17H2,1-2H3. The number of amides is 2. The number of ether oxygens (including phenoxy) is 4. The van der Waals surface area contributed by atoms with Crippen LogP contribution in [-0.2, 0) is 41.4 Å². The van der Waals surface area contributed by atoms with Gasteiger partial charge in [-0.15, -0.1) is 0 Å². The van der Waals surface area contributed by atoms with Crippen LogP contribution in [0.15, 0.2) is 45.3 Å². The zero-order chi connectivity index (χ0) is 27.5. The summed E-state index contributed by atoms with van der Waals surface area (Å²) >= 11 is 3.48. The van der Waals surface area contributed by atoms with Gasteiger partial charge in [0.2, 0.25) is 5.91 Å². The summed E-state index contributed by atoms with van der Waals surface area (Å²) in [6.07, 6.45) is -0.0812. The third kappa shape index (κ3) is 8.39. The van der Waals surface area contributed by atoms with Crippen LogP contribution < -0.4 is 0 Å². The molecule has 2 amide bonds. The van der Waals surface area contributed by atoms with Gasteiger partial charge in [-0.25, -0.2) is 9.69 Å². The lowest BCUT2D eigenvalue weighted by molar-refractivity contribution is -0.154. The number of cyclic esters (lactones) is 1. The van der Waals surface area contributed by atoms with E-state index in [9.17, 15) is 14.4 Å². The van der Waals surface area contributed by atoms with E-state index in [2.05, 4.69) is 15.9 Å². The van der Waals surface area contributed by atoms with Gasteiger partial charge in [0.15, 0.2) is 6.10 Å². The maximum absolute atomic E-state index is 13.5. The third-order valence-corrected chi connectivity index (χ3v) is 6.68. The topological polar surface area (TPSA) is 125 Å². The molecule has 0 aliphatic carbocycles. The number of carbonyl (C=O) groups is 3. The fraction of sp³-hybridized carbons (Fsp3) is 0.519. The number of benzene rings is 1. The van der Waals surface area contributed by atoms with Crippen LogP contribution in [0.1, 0.15) is 43.5 Å². The molecule has 0 radical (unpaired) electrons. The summed E-state index contributed by atoms with van der Waals surface area (Å²) in [5.74, 6) is -1.07. The molecule has 0 spiro atoms. The summed E-state index contributed by atoms with van der Waals surface area (Å²) in [4.78, 5) is 39.1. The molecule has 38 heavy (non-hydrogen) atoms. The number of aryl methyl sites for hydroxylation is 1. The smallest absolute Gasteiger partial charge is 0.416 e. The average molecular weight is 596 g/mol. The normalized spacial score (nSPS) is 16.8. The quantitative estimate of drug-likeness (QED) is 0.241. The minimum atomic E-state index is -1.03. The average Bonchev–Trinajstić information content (AvgIpc) is 3.45. The van der Waals surface area contributed by atoms with Gasteiger partial charge in [0, 0.05) is 20.0 Å². The lowest BCUT2D eigenvalue weighted by Gasteiger charge is -2.27. The lowest BCUT2D eigenvalue weighted by atomic mass is 9.98. The molecular formula is C27H34BrNO9. The number of esters is 1. The van der Waals surface area contributed by atoms with E-state index in [4.69, 9.17) is 28.5 Å². The van der Waals surface area contributed by atoms with Crippen molar-refractivity contribution in [3.63, 3.8) is 0 Å². The van der Waals surface area contributed by atoms with Gasteiger partial charge >= 0.3 is 12.1 Å². The number of imide groups is 1. The number of carbonyl (C=O) groups excluding carboxylic acids is 3. The van der Waals surface area contributed by atoms with E-state index in [1.165, 1.54) is 6.92 Å². The van der Waals surface area contributed by atoms with E-state index >= 15 is 0 Å². The molecule has 10 nitrogen and oxygen atoms in total. The first kappa shape index (κ1) is 29.8. The highest BCUT2D eigenvalue weighted by Crippen LogP contribution is 2.35. The Labute approximate surface area is 230 Å². The van der Waals surface area contributed by atoms with Crippen molar-refractivity contribution in [1.82, 2.24) is 4.90 Å². The zero-order valence-electron chi connectivity index (χ0n) is 21.6. The Morgan fingerprint density at radius 1 is 1.16 bits per heavy atom. The molecule has 0 saturated carbocycles. The van der Waals surface area contributed by atoms with E-state index in [0.29, 0.717) is 55.1 Å². The molecule has 3 unspecified atom stereocenters. The van der Waals surface area contributed by atoms with Gasteiger partial charge < -0.3 is 28.5 Å². The second kappa shape index (κ2) is 15.0. The molecule has 1 aromatic carbocycles. The van der Waals surface area contributed by atoms with Gasteiger partial charge in [-0.2, -0.15) is 0 Å². The largest absolute Gasteiger partial charge is 0.461 e. The molecule has 11 heteroatoms. The van der Waals surface area contributed by atoms with Crippen LogP contribution >= 0.6 is 15.9 Å². The summed E-state index contributed by atoms with van der Waals surface area (Å²) in [7, 11) is 0. The van der Waals surface area contributed by atoms with Crippen LogP contribution in [0.4, 0.5) is 4.79 Å². The number of rotatable bonds is 15. The number of furan rings is 1. The summed E-state index contributed by atoms with van der Waals surface area (Å²) in [5.41, 5.74) is 0.971. The SMILES string of the molecule is CC(=O)OC(c1cc(Br)c(CCCOCCOCCO)o1)C(C)C(=O)N1C(=O)OCC1Cc1ccccc1. The van der Waals surface area contributed by atoms with E-state index in [1.807, 2.05) is 30.3 Å². The summed E-state index contributed by atoms with van der Waals surface area (Å²) in [6, 6.07) is 10.7. The van der Waals surface area contributed by atoms with Crippen LogP contribution in [0.5, 0.6) is 0 Å². The molecular weight excluding hydrogens is 562 g/mol. The van der Waals surface area contributed by atoms with Gasteiger partial charge in [0.1, 0.15) is 18.1 Å². The summed E-state index contributed by atoms with van der Waals surface area (Å²) in [6.45, 7) is 4.51. The molecule has 0 bridgehead atoms. The zero-order valence-corrected chi connectivity index (χ0v) is 23.2. The number of halogens is 1. The highest BCUT2D eigenvalue weighted by Gasteiger charge is 2.43. The van der Waals surface area contributed by atoms with Crippen molar-refractivity contribution in [2.24, 2.45) is 5.92 Å². The maximum atomic E-state index is 13.5. The highest BCUT2D eigenvalue weighted by molar-refractivity contribution is 9.10. The molecule has 3 rings (SSSR count). The Kier molecular flexibility index (Phi) is 11.8. The number of aliphatic hydroxyl groups excluding tert-OH is 1. The Morgan fingerprint density at radius 2 is 1.87 bits per heavy atom. The van der Waals surface area contributed by atoms with Crippen molar-refractivity contribution >= 4 is 33.9 Å². The molecule has 2 heterocycles. The third-order valence-electron chi connectivity index (χ3n) is 6.01. The maximum Gasteiger partial charge on any atom is 0.416 e. The molecule has 1 aromatic heterocycles. The highest BCUT2D eigenvalue weighted by atomic mass is 79.9. The molecule has 1 N–H and O–H groups in total. The molecule has 208 valence electrons. The van der Waals surface area contributed by atoms with Crippen molar-refractivity contribution in [2.75, 3.05) is 39.6 Å². The van der Waals surface area contributed by atoms with Gasteiger partial charge in [-0.05, 0) is 47.3 Å². The Hall–Kier alpha value is -2.73. The van der Waals surface area contributed by atoms with E-state index < -0.39 is 36.0 Å². The summed E-state index contributed by atoms with van der Waals surface area (Å²) < 4.78 is 28.1. The predicted molar refractivity (Wildman–Crippen MR) is 139 cm³/mol. The molecule has 2 aromatic rings. The monoisotopic (exact) mass is 595 g/mol. The van der Waals surface area contributed by atoms with Crippen LogP contribution in [0, 0.1) is 5.92 Å². The minimum absolute atomic E-state index is 0.0240. The van der Waals surface area contributed by atoms with Crippen LogP contribution in [-0.4, -0.2) is 73.7 Å². The first-order valence-corrected chi connectivity index (χ1v) is 13.4. The van der Waals surface area contributed by atoms with Crippen molar-refractivity contribution in [3.05, 3.63) is 58.0 Å². The number of hydrogen-bond acceptors (Lipinski definition) is 9. The van der Waals surface area contributed by atoms with E-state index in [-0.39, 0.29) is 19.8 Å². The van der Waals surface area contributed by atoms with Gasteiger partial charge in [0.25, 0.3) is 0 Å². The van der Waals surface area contributed by atoms with Gasteiger partial charge in [-0.3, -0.25) is 9.59 Å². The lowest BCUT2D eigenvalue weighted by Crippen LogP contribution is -2.44. The van der Waals surface area contributed by atoms with Crippen molar-refractivity contribution in [3.8, 4) is 0 Å². The fourth-order valence-electron chi connectivity index (χ4n) is 4.16. The Morgan fingerprint density at radius 3 is 2.55 bits per heavy atom. The van der Waals surface area contributed by atoms with Crippen molar-refractivity contribution in [1.29, 1.82) is 0 Å². The van der Waals surface area contributed by atoms with Crippen LogP contribution in [0.2, 0.25) is 0 Å². The predicted octanol–water partition coefficient (Wildman–Crippen LogP) is 3.83. The molecule has 1 aliphatic heterocycles. The number of nitrogens with zero attached hydrogens (tertiary/aromatic N) is 1. The number of aliphatic hydroxyl groups is 1. The second-order valence-electron chi connectivity index (χ2n) is 8.92. The Balaban J connectivity index is 1.66. The first-order valence-electron chi connectivity index (χ1n) is 12.6. The molecule has 3 atom stereocenters. The minimum Gasteiger partial charge on any atom is -0.461 e. The van der Waals surface area contributed by atoms with Gasteiger partial charge in [0.05, 0.1) is 42.9 Å². The first-order chi connectivity index (χ1) is 18.3. The Bertz CT molecular complexity index is 1060. The van der Waals surface area contributed by atoms with E-state index in [0.717, 1.165) is 10.5 Å². The summed E-state index contributed by atoms with van der Waals surface area (Å²) in [5, 5.41) is 8.70. The fourth-order valence-corrected chi connectivity index (χ4v) is 4.66. The molecule has 1 saturated heterocycles. The molecule has 1 fully saturated rings. The van der Waals surface area contributed by atoms with Gasteiger partial charge in [-0.1, -0.05) is 30.3 Å². The molecule has 1 aliphatic rings. The van der Waals surface area contributed by atoms with Crippen LogP contribution in [0.3, 0.4) is 0 Å². The second-order valence-corrected chi connectivity index (χ2v) is 9.77. The number of hydrogen-bond donors (Lipinski definition) is 1. The van der Waals surface area contributed by atoms with Crippen molar-refractivity contribution < 1.29 is 42.9 Å². The van der Waals surface area contributed by atoms with Crippen molar-refractivity contribution in [2.45, 2.75) is 45.3 Å². The van der Waals surface area contributed by atoms with E-state index in [1.54, 1.807) is 13.0 Å².